The second-order valence-electron chi connectivity index (χ2n) is 7.84. The van der Waals surface area contributed by atoms with Crippen molar-refractivity contribution in [1.29, 1.82) is 5.26 Å². The van der Waals surface area contributed by atoms with Crippen LogP contribution in [0, 0.1) is 11.3 Å². The summed E-state index contributed by atoms with van der Waals surface area (Å²) in [6.45, 7) is 6.02. The molecule has 1 N–H and O–H groups in total. The third-order valence-corrected chi connectivity index (χ3v) is 7.07. The van der Waals surface area contributed by atoms with Crippen molar-refractivity contribution in [3.8, 4) is 6.07 Å². The number of hydrogen-bond acceptors (Lipinski definition) is 5. The van der Waals surface area contributed by atoms with E-state index >= 15 is 0 Å². The largest absolute Gasteiger partial charge is 0.371 e. The van der Waals surface area contributed by atoms with Gasteiger partial charge in [-0.3, -0.25) is 4.90 Å². The molecule has 0 spiro atoms. The Labute approximate surface area is 186 Å². The summed E-state index contributed by atoms with van der Waals surface area (Å²) in [5.41, 5.74) is 1.82. The molecular formula is C22H26ClN5OS. The number of piperidine rings is 1. The summed E-state index contributed by atoms with van der Waals surface area (Å²) >= 11 is 7.64. The number of carbonyl (C=O) groups excluding carboxylic acids is 1. The van der Waals surface area contributed by atoms with Crippen molar-refractivity contribution in [3.05, 3.63) is 51.2 Å². The summed E-state index contributed by atoms with van der Waals surface area (Å²) in [6.07, 6.45) is 1.87. The van der Waals surface area contributed by atoms with Gasteiger partial charge in [0.15, 0.2) is 0 Å². The molecule has 0 bridgehead atoms. The van der Waals surface area contributed by atoms with Gasteiger partial charge in [-0.2, -0.15) is 5.26 Å². The van der Waals surface area contributed by atoms with Crippen molar-refractivity contribution >= 4 is 34.7 Å². The Morgan fingerprint density at radius 3 is 2.37 bits per heavy atom. The number of urea groups is 1. The van der Waals surface area contributed by atoms with Gasteiger partial charge in [0, 0.05) is 62.4 Å². The predicted octanol–water partition coefficient (Wildman–Crippen LogP) is 3.77. The molecule has 2 aliphatic rings. The van der Waals surface area contributed by atoms with Crippen LogP contribution in [-0.4, -0.2) is 61.1 Å². The molecule has 30 heavy (non-hydrogen) atoms. The molecule has 1 aromatic carbocycles. The molecule has 0 radical (unpaired) electrons. The molecule has 2 amide bonds. The first kappa shape index (κ1) is 21.0. The topological polar surface area (TPSA) is 62.6 Å². The highest BCUT2D eigenvalue weighted by atomic mass is 35.5. The zero-order chi connectivity index (χ0) is 20.9. The summed E-state index contributed by atoms with van der Waals surface area (Å²) in [4.78, 5) is 20.6. The quantitative estimate of drug-likeness (QED) is 0.781. The van der Waals surface area contributed by atoms with Crippen LogP contribution >= 0.6 is 22.9 Å². The highest BCUT2D eigenvalue weighted by Crippen LogP contribution is 2.23. The number of carbonyl (C=O) groups is 1. The summed E-state index contributed by atoms with van der Waals surface area (Å²) < 4.78 is 0.827. The maximum atomic E-state index is 12.7. The van der Waals surface area contributed by atoms with Crippen molar-refractivity contribution in [1.82, 2.24) is 15.1 Å². The molecule has 0 atom stereocenters. The van der Waals surface area contributed by atoms with Crippen molar-refractivity contribution < 1.29 is 4.79 Å². The molecule has 8 heteroatoms. The van der Waals surface area contributed by atoms with Gasteiger partial charge in [-0.05, 0) is 49.2 Å². The lowest BCUT2D eigenvalue weighted by atomic mass is 10.0. The minimum atomic E-state index is 0.0608. The number of benzene rings is 1. The Hall–Kier alpha value is -2.27. The van der Waals surface area contributed by atoms with Gasteiger partial charge in [-0.1, -0.05) is 11.6 Å². The van der Waals surface area contributed by atoms with Crippen LogP contribution in [0.2, 0.25) is 4.34 Å². The first-order valence-electron chi connectivity index (χ1n) is 10.4. The summed E-state index contributed by atoms with van der Waals surface area (Å²) in [7, 11) is 0. The van der Waals surface area contributed by atoms with E-state index in [1.807, 2.05) is 35.2 Å². The molecule has 158 valence electrons. The SMILES string of the molecule is N#Cc1ccc(N2CCC(NC(=O)N3CCN(Cc4ccc(Cl)s4)CC3)CC2)cc1. The van der Waals surface area contributed by atoms with E-state index in [-0.39, 0.29) is 12.1 Å². The number of nitrogens with one attached hydrogen (secondary N) is 1. The number of thiophene rings is 1. The molecular weight excluding hydrogens is 418 g/mol. The average molecular weight is 444 g/mol. The Balaban J connectivity index is 1.19. The number of nitrogens with zero attached hydrogens (tertiary/aromatic N) is 4. The number of anilines is 1. The molecule has 2 fully saturated rings. The van der Waals surface area contributed by atoms with Gasteiger partial charge in [0.25, 0.3) is 0 Å². The molecule has 0 unspecified atom stereocenters. The number of halogens is 1. The van der Waals surface area contributed by atoms with E-state index in [1.54, 1.807) is 11.3 Å². The molecule has 3 heterocycles. The standard InChI is InChI=1S/C22H26ClN5OS/c23-21-6-5-20(30-21)16-26-11-13-28(14-12-26)22(29)25-18-7-9-27(10-8-18)19-3-1-17(15-24)2-4-19/h1-6,18H,7-14,16H2,(H,25,29). The summed E-state index contributed by atoms with van der Waals surface area (Å²) in [5, 5.41) is 12.2. The van der Waals surface area contributed by atoms with Crippen LogP contribution in [0.15, 0.2) is 36.4 Å². The number of nitriles is 1. The molecule has 0 saturated carbocycles. The van der Waals surface area contributed by atoms with Crippen molar-refractivity contribution in [3.63, 3.8) is 0 Å². The van der Waals surface area contributed by atoms with Gasteiger partial charge in [-0.15, -0.1) is 11.3 Å². The lowest BCUT2D eigenvalue weighted by Gasteiger charge is -2.37. The molecule has 6 nitrogen and oxygen atoms in total. The van der Waals surface area contributed by atoms with Crippen LogP contribution in [0.25, 0.3) is 0 Å². The zero-order valence-corrected chi connectivity index (χ0v) is 18.5. The van der Waals surface area contributed by atoms with Crippen LogP contribution in [0.3, 0.4) is 0 Å². The van der Waals surface area contributed by atoms with Crippen LogP contribution in [-0.2, 0) is 6.54 Å². The summed E-state index contributed by atoms with van der Waals surface area (Å²) in [6, 6.07) is 14.2. The molecule has 2 aliphatic heterocycles. The highest BCUT2D eigenvalue weighted by Gasteiger charge is 2.25. The van der Waals surface area contributed by atoms with Crippen LogP contribution in [0.5, 0.6) is 0 Å². The molecule has 2 saturated heterocycles. The van der Waals surface area contributed by atoms with Crippen molar-refractivity contribution in [2.45, 2.75) is 25.4 Å². The maximum absolute atomic E-state index is 12.7. The smallest absolute Gasteiger partial charge is 0.317 e. The number of hydrogen-bond donors (Lipinski definition) is 1. The van der Waals surface area contributed by atoms with E-state index in [0.29, 0.717) is 5.56 Å². The first-order valence-corrected chi connectivity index (χ1v) is 11.6. The molecule has 4 rings (SSSR count). The normalized spacial score (nSPS) is 18.3. The Morgan fingerprint density at radius 2 is 1.77 bits per heavy atom. The van der Waals surface area contributed by atoms with E-state index in [0.717, 1.165) is 68.7 Å². The number of piperazine rings is 1. The Morgan fingerprint density at radius 1 is 1.07 bits per heavy atom. The molecule has 0 aliphatic carbocycles. The summed E-state index contributed by atoms with van der Waals surface area (Å²) in [5.74, 6) is 0. The zero-order valence-electron chi connectivity index (χ0n) is 16.9. The van der Waals surface area contributed by atoms with E-state index in [9.17, 15) is 4.79 Å². The molecule has 2 aromatic rings. The van der Waals surface area contributed by atoms with E-state index in [1.165, 1.54) is 4.88 Å². The predicted molar refractivity (Wildman–Crippen MR) is 121 cm³/mol. The van der Waals surface area contributed by atoms with E-state index in [2.05, 4.69) is 27.3 Å². The minimum Gasteiger partial charge on any atom is -0.371 e. The maximum Gasteiger partial charge on any atom is 0.317 e. The van der Waals surface area contributed by atoms with Crippen LogP contribution < -0.4 is 10.2 Å². The van der Waals surface area contributed by atoms with Crippen molar-refractivity contribution in [2.75, 3.05) is 44.2 Å². The van der Waals surface area contributed by atoms with E-state index in [4.69, 9.17) is 16.9 Å². The lowest BCUT2D eigenvalue weighted by Crippen LogP contribution is -2.54. The van der Waals surface area contributed by atoms with Gasteiger partial charge in [0.2, 0.25) is 0 Å². The Kier molecular flexibility index (Phi) is 6.78. The monoisotopic (exact) mass is 443 g/mol. The van der Waals surface area contributed by atoms with Gasteiger partial charge in [0.1, 0.15) is 0 Å². The fourth-order valence-corrected chi connectivity index (χ4v) is 5.19. The fourth-order valence-electron chi connectivity index (χ4n) is 4.06. The third kappa shape index (κ3) is 5.25. The van der Waals surface area contributed by atoms with Gasteiger partial charge < -0.3 is 15.1 Å². The van der Waals surface area contributed by atoms with Crippen molar-refractivity contribution in [2.24, 2.45) is 0 Å². The Bertz CT molecular complexity index is 893. The third-order valence-electron chi connectivity index (χ3n) is 5.85. The first-order chi connectivity index (χ1) is 14.6. The highest BCUT2D eigenvalue weighted by molar-refractivity contribution is 7.16. The second kappa shape index (κ2) is 9.69. The van der Waals surface area contributed by atoms with E-state index < -0.39 is 0 Å². The number of amides is 2. The molecule has 1 aromatic heterocycles. The fraction of sp³-hybridized carbons (Fsp3) is 0.455. The lowest BCUT2D eigenvalue weighted by molar-refractivity contribution is 0.133. The van der Waals surface area contributed by atoms with Gasteiger partial charge in [-0.25, -0.2) is 4.79 Å². The number of rotatable bonds is 4. The minimum absolute atomic E-state index is 0.0608. The van der Waals surface area contributed by atoms with Crippen LogP contribution in [0.1, 0.15) is 23.3 Å². The van der Waals surface area contributed by atoms with Crippen LogP contribution in [0.4, 0.5) is 10.5 Å². The average Bonchev–Trinajstić information content (AvgIpc) is 3.19. The second-order valence-corrected chi connectivity index (χ2v) is 9.64. The van der Waals surface area contributed by atoms with Gasteiger partial charge >= 0.3 is 6.03 Å². The van der Waals surface area contributed by atoms with Gasteiger partial charge in [0.05, 0.1) is 16.0 Å².